The second-order valence-corrected chi connectivity index (χ2v) is 4.48. The number of hydrogen-bond donors (Lipinski definition) is 1. The molecule has 0 atom stereocenters. The van der Waals surface area contributed by atoms with Crippen molar-refractivity contribution in [1.82, 2.24) is 9.55 Å². The van der Waals surface area contributed by atoms with Crippen LogP contribution in [0.4, 0.5) is 0 Å². The Morgan fingerprint density at radius 2 is 2.20 bits per heavy atom. The van der Waals surface area contributed by atoms with Crippen molar-refractivity contribution in [1.29, 1.82) is 0 Å². The van der Waals surface area contributed by atoms with Crippen LogP contribution in [0.15, 0.2) is 29.0 Å². The highest BCUT2D eigenvalue weighted by atomic mass is 79.9. The van der Waals surface area contributed by atoms with E-state index in [-0.39, 0.29) is 0 Å². The largest absolute Gasteiger partial charge is 0.331 e. The maximum Gasteiger partial charge on any atom is 0.0958 e. The molecule has 0 spiro atoms. The van der Waals surface area contributed by atoms with Gasteiger partial charge >= 0.3 is 0 Å². The number of aryl methyl sites for hydroxylation is 1. The minimum absolute atomic E-state index is 0.760. The van der Waals surface area contributed by atoms with Gasteiger partial charge in [-0.3, -0.25) is 0 Å². The van der Waals surface area contributed by atoms with E-state index in [4.69, 9.17) is 5.73 Å². The van der Waals surface area contributed by atoms with Crippen LogP contribution >= 0.6 is 15.9 Å². The minimum atomic E-state index is 0.760. The molecule has 0 bridgehead atoms. The molecular weight excluding hydrogens is 254 g/mol. The summed E-state index contributed by atoms with van der Waals surface area (Å²) in [5, 5.41) is 0. The summed E-state index contributed by atoms with van der Waals surface area (Å²) in [5.41, 5.74) is 7.70. The lowest BCUT2D eigenvalue weighted by Gasteiger charge is -2.03. The van der Waals surface area contributed by atoms with Gasteiger partial charge in [-0.25, -0.2) is 4.98 Å². The number of halogens is 1. The van der Waals surface area contributed by atoms with Gasteiger partial charge in [0.1, 0.15) is 0 Å². The summed E-state index contributed by atoms with van der Waals surface area (Å²) < 4.78 is 3.27. The fourth-order valence-corrected chi connectivity index (χ4v) is 1.98. The first-order valence-corrected chi connectivity index (χ1v) is 5.91. The van der Waals surface area contributed by atoms with Crippen molar-refractivity contribution in [3.63, 3.8) is 0 Å². The molecule has 4 heteroatoms. The summed E-state index contributed by atoms with van der Waals surface area (Å²) in [6.45, 7) is 1.75. The van der Waals surface area contributed by atoms with Gasteiger partial charge in [-0.1, -0.05) is 15.9 Å². The van der Waals surface area contributed by atoms with Gasteiger partial charge in [-0.15, -0.1) is 0 Å². The standard InChI is InChI=1S/C11H14BrN3/c12-9-3-4-10-11(7-9)15(8-14-10)6-2-1-5-13/h3-4,7-8H,1-2,5-6,13H2. The zero-order valence-electron chi connectivity index (χ0n) is 8.49. The molecule has 2 N–H and O–H groups in total. The lowest BCUT2D eigenvalue weighted by Crippen LogP contribution is -2.02. The van der Waals surface area contributed by atoms with Crippen molar-refractivity contribution < 1.29 is 0 Å². The van der Waals surface area contributed by atoms with E-state index in [1.165, 1.54) is 5.52 Å². The molecule has 15 heavy (non-hydrogen) atoms. The Morgan fingerprint density at radius 1 is 1.33 bits per heavy atom. The summed E-state index contributed by atoms with van der Waals surface area (Å²) in [7, 11) is 0. The van der Waals surface area contributed by atoms with E-state index in [2.05, 4.69) is 31.5 Å². The monoisotopic (exact) mass is 267 g/mol. The third-order valence-corrected chi connectivity index (χ3v) is 2.93. The molecule has 1 aromatic carbocycles. The van der Waals surface area contributed by atoms with Crippen LogP contribution in [0.25, 0.3) is 11.0 Å². The normalized spacial score (nSPS) is 11.1. The number of benzene rings is 1. The van der Waals surface area contributed by atoms with E-state index in [0.717, 1.165) is 35.9 Å². The van der Waals surface area contributed by atoms with Gasteiger partial charge in [0.25, 0.3) is 0 Å². The lowest BCUT2D eigenvalue weighted by molar-refractivity contribution is 0.627. The Kier molecular flexibility index (Phi) is 3.38. The number of aromatic nitrogens is 2. The van der Waals surface area contributed by atoms with Gasteiger partial charge in [0.15, 0.2) is 0 Å². The molecule has 80 valence electrons. The van der Waals surface area contributed by atoms with Gasteiger partial charge in [0.2, 0.25) is 0 Å². The zero-order chi connectivity index (χ0) is 10.7. The maximum atomic E-state index is 5.47. The highest BCUT2D eigenvalue weighted by Crippen LogP contribution is 2.19. The average Bonchev–Trinajstić information content (AvgIpc) is 2.62. The van der Waals surface area contributed by atoms with Crippen LogP contribution in [-0.2, 0) is 6.54 Å². The quantitative estimate of drug-likeness (QED) is 0.866. The van der Waals surface area contributed by atoms with E-state index in [9.17, 15) is 0 Å². The molecule has 0 unspecified atom stereocenters. The minimum Gasteiger partial charge on any atom is -0.331 e. The molecule has 0 aliphatic heterocycles. The zero-order valence-corrected chi connectivity index (χ0v) is 10.1. The van der Waals surface area contributed by atoms with Crippen LogP contribution in [0, 0.1) is 0 Å². The topological polar surface area (TPSA) is 43.8 Å². The number of fused-ring (bicyclic) bond motifs is 1. The van der Waals surface area contributed by atoms with Crippen molar-refractivity contribution in [2.24, 2.45) is 5.73 Å². The second-order valence-electron chi connectivity index (χ2n) is 3.57. The number of imidazole rings is 1. The van der Waals surface area contributed by atoms with Crippen LogP contribution in [0.2, 0.25) is 0 Å². The SMILES string of the molecule is NCCCCn1cnc2ccc(Br)cc21. The Balaban J connectivity index is 2.23. The number of unbranched alkanes of at least 4 members (excludes halogenated alkanes) is 1. The van der Waals surface area contributed by atoms with E-state index >= 15 is 0 Å². The molecule has 1 aromatic heterocycles. The van der Waals surface area contributed by atoms with E-state index in [1.807, 2.05) is 18.5 Å². The number of rotatable bonds is 4. The summed E-state index contributed by atoms with van der Waals surface area (Å²) in [6, 6.07) is 6.14. The van der Waals surface area contributed by atoms with Gasteiger partial charge in [0, 0.05) is 11.0 Å². The fraction of sp³-hybridized carbons (Fsp3) is 0.364. The molecule has 0 saturated carbocycles. The van der Waals surface area contributed by atoms with Crippen molar-refractivity contribution >= 4 is 27.0 Å². The molecule has 1 heterocycles. The lowest BCUT2D eigenvalue weighted by atomic mass is 10.3. The Labute approximate surface area is 97.4 Å². The first kappa shape index (κ1) is 10.6. The molecule has 0 fully saturated rings. The van der Waals surface area contributed by atoms with Crippen LogP contribution in [0.5, 0.6) is 0 Å². The summed E-state index contributed by atoms with van der Waals surface area (Å²) in [5.74, 6) is 0. The van der Waals surface area contributed by atoms with Gasteiger partial charge in [-0.2, -0.15) is 0 Å². The Bertz CT molecular complexity index is 450. The summed E-state index contributed by atoms with van der Waals surface area (Å²) in [4.78, 5) is 4.35. The van der Waals surface area contributed by atoms with E-state index in [0.29, 0.717) is 0 Å². The molecule has 0 aliphatic carbocycles. The average molecular weight is 268 g/mol. The Morgan fingerprint density at radius 3 is 3.00 bits per heavy atom. The summed E-state index contributed by atoms with van der Waals surface area (Å²) in [6.07, 6.45) is 4.07. The van der Waals surface area contributed by atoms with Gasteiger partial charge < -0.3 is 10.3 Å². The third kappa shape index (κ3) is 2.38. The highest BCUT2D eigenvalue weighted by molar-refractivity contribution is 9.10. The molecule has 0 aliphatic rings. The van der Waals surface area contributed by atoms with Gasteiger partial charge in [0.05, 0.1) is 17.4 Å². The predicted octanol–water partition coefficient (Wildman–Crippen LogP) is 2.54. The third-order valence-electron chi connectivity index (χ3n) is 2.44. The van der Waals surface area contributed by atoms with E-state index < -0.39 is 0 Å². The van der Waals surface area contributed by atoms with Crippen LogP contribution < -0.4 is 5.73 Å². The molecular formula is C11H14BrN3. The second kappa shape index (κ2) is 4.77. The smallest absolute Gasteiger partial charge is 0.0958 e. The molecule has 0 radical (unpaired) electrons. The van der Waals surface area contributed by atoms with Crippen molar-refractivity contribution in [3.8, 4) is 0 Å². The van der Waals surface area contributed by atoms with Crippen LogP contribution in [0.3, 0.4) is 0 Å². The molecule has 3 nitrogen and oxygen atoms in total. The maximum absolute atomic E-state index is 5.47. The van der Waals surface area contributed by atoms with Crippen LogP contribution in [0.1, 0.15) is 12.8 Å². The number of nitrogens with zero attached hydrogens (tertiary/aromatic N) is 2. The molecule has 0 amide bonds. The summed E-state index contributed by atoms with van der Waals surface area (Å²) >= 11 is 3.47. The van der Waals surface area contributed by atoms with Crippen molar-refractivity contribution in [3.05, 3.63) is 29.0 Å². The highest BCUT2D eigenvalue weighted by Gasteiger charge is 2.02. The molecule has 2 rings (SSSR count). The van der Waals surface area contributed by atoms with Gasteiger partial charge in [-0.05, 0) is 37.6 Å². The molecule has 2 aromatic rings. The Hall–Kier alpha value is -0.870. The number of nitrogens with two attached hydrogens (primary N) is 1. The molecule has 0 saturated heterocycles. The van der Waals surface area contributed by atoms with Crippen molar-refractivity contribution in [2.45, 2.75) is 19.4 Å². The van der Waals surface area contributed by atoms with Crippen LogP contribution in [-0.4, -0.2) is 16.1 Å². The van der Waals surface area contributed by atoms with Crippen molar-refractivity contribution in [2.75, 3.05) is 6.54 Å². The predicted molar refractivity (Wildman–Crippen MR) is 65.7 cm³/mol. The fourth-order valence-electron chi connectivity index (χ4n) is 1.63. The van der Waals surface area contributed by atoms with E-state index in [1.54, 1.807) is 0 Å². The first-order chi connectivity index (χ1) is 7.31. The number of hydrogen-bond acceptors (Lipinski definition) is 2. The first-order valence-electron chi connectivity index (χ1n) is 5.12.